The van der Waals surface area contributed by atoms with Crippen LogP contribution in [-0.4, -0.2) is 24.5 Å². The van der Waals surface area contributed by atoms with E-state index < -0.39 is 0 Å². The molecule has 0 saturated carbocycles. The third kappa shape index (κ3) is 11.7. The summed E-state index contributed by atoms with van der Waals surface area (Å²) in [6, 6.07) is -0.0232. The van der Waals surface area contributed by atoms with Gasteiger partial charge in [-0.1, -0.05) is 42.1 Å². The second kappa shape index (κ2) is 11.8. The summed E-state index contributed by atoms with van der Waals surface area (Å²) in [5.41, 5.74) is 0. The lowest BCUT2D eigenvalue weighted by molar-refractivity contribution is 0.240. The van der Waals surface area contributed by atoms with E-state index in [2.05, 4.69) is 33.5 Å². The topological polar surface area (TPSA) is 41.1 Å². The van der Waals surface area contributed by atoms with E-state index in [0.29, 0.717) is 0 Å². The van der Waals surface area contributed by atoms with E-state index in [9.17, 15) is 4.79 Å². The van der Waals surface area contributed by atoms with Crippen LogP contribution in [0.4, 0.5) is 4.79 Å². The first-order chi connectivity index (χ1) is 7.31. The number of unbranched alkanes of at least 4 members (excludes halogenated alkanes) is 4. The monoisotopic (exact) mass is 278 g/mol. The Hall–Kier alpha value is -0.250. The quantitative estimate of drug-likeness (QED) is 0.494. The highest BCUT2D eigenvalue weighted by Crippen LogP contribution is 1.96. The SMILES string of the molecule is CCCCCNC(=O)NCCCCCBr. The van der Waals surface area contributed by atoms with E-state index in [1.54, 1.807) is 0 Å². The van der Waals surface area contributed by atoms with E-state index in [1.165, 1.54) is 25.7 Å². The second-order valence-electron chi connectivity index (χ2n) is 3.64. The molecule has 90 valence electrons. The fourth-order valence-corrected chi connectivity index (χ4v) is 1.63. The largest absolute Gasteiger partial charge is 0.338 e. The summed E-state index contributed by atoms with van der Waals surface area (Å²) >= 11 is 3.38. The Balaban J connectivity index is 3.11. The number of amides is 2. The summed E-state index contributed by atoms with van der Waals surface area (Å²) < 4.78 is 0. The van der Waals surface area contributed by atoms with Gasteiger partial charge in [-0.25, -0.2) is 4.79 Å². The molecule has 0 heterocycles. The molecule has 0 atom stereocenters. The molecule has 2 N–H and O–H groups in total. The van der Waals surface area contributed by atoms with Gasteiger partial charge in [0.25, 0.3) is 0 Å². The predicted octanol–water partition coefficient (Wildman–Crippen LogP) is 3.04. The number of halogens is 1. The number of hydrogen-bond donors (Lipinski definition) is 2. The lowest BCUT2D eigenvalue weighted by atomic mass is 10.2. The van der Waals surface area contributed by atoms with Crippen LogP contribution in [-0.2, 0) is 0 Å². The number of carbonyl (C=O) groups excluding carboxylic acids is 1. The Kier molecular flexibility index (Phi) is 11.6. The average molecular weight is 279 g/mol. The Labute approximate surface area is 102 Å². The van der Waals surface area contributed by atoms with Crippen molar-refractivity contribution in [3.63, 3.8) is 0 Å². The number of alkyl halides is 1. The normalized spacial score (nSPS) is 10.0. The molecule has 3 nitrogen and oxygen atoms in total. The summed E-state index contributed by atoms with van der Waals surface area (Å²) in [5, 5.41) is 6.75. The molecule has 0 saturated heterocycles. The van der Waals surface area contributed by atoms with Gasteiger partial charge in [-0.3, -0.25) is 0 Å². The molecular weight excluding hydrogens is 256 g/mol. The first kappa shape index (κ1) is 14.8. The molecule has 0 bridgehead atoms. The molecule has 0 aliphatic heterocycles. The van der Waals surface area contributed by atoms with Crippen molar-refractivity contribution in [3.05, 3.63) is 0 Å². The van der Waals surface area contributed by atoms with Crippen LogP contribution in [0.1, 0.15) is 45.4 Å². The van der Waals surface area contributed by atoms with Crippen LogP contribution in [0, 0.1) is 0 Å². The van der Waals surface area contributed by atoms with E-state index in [1.807, 2.05) is 0 Å². The molecule has 0 unspecified atom stereocenters. The predicted molar refractivity (Wildman–Crippen MR) is 68.6 cm³/mol. The molecule has 0 radical (unpaired) electrons. The average Bonchev–Trinajstić information content (AvgIpc) is 2.24. The maximum absolute atomic E-state index is 11.2. The van der Waals surface area contributed by atoms with Crippen LogP contribution >= 0.6 is 15.9 Å². The minimum Gasteiger partial charge on any atom is -0.338 e. The van der Waals surface area contributed by atoms with Gasteiger partial charge in [-0.2, -0.15) is 0 Å². The highest BCUT2D eigenvalue weighted by Gasteiger charge is 1.97. The summed E-state index contributed by atoms with van der Waals surface area (Å²) in [4.78, 5) is 11.2. The lowest BCUT2D eigenvalue weighted by Crippen LogP contribution is -2.36. The summed E-state index contributed by atoms with van der Waals surface area (Å²) in [6.07, 6.45) is 6.87. The fraction of sp³-hybridized carbons (Fsp3) is 0.909. The number of nitrogens with one attached hydrogen (secondary N) is 2. The van der Waals surface area contributed by atoms with Crippen molar-refractivity contribution in [2.24, 2.45) is 0 Å². The van der Waals surface area contributed by atoms with Gasteiger partial charge in [0.15, 0.2) is 0 Å². The summed E-state index contributed by atoms with van der Waals surface area (Å²) in [5.74, 6) is 0. The highest BCUT2D eigenvalue weighted by atomic mass is 79.9. The van der Waals surface area contributed by atoms with Crippen molar-refractivity contribution in [2.75, 3.05) is 18.4 Å². The molecule has 2 amide bonds. The van der Waals surface area contributed by atoms with E-state index in [0.717, 1.165) is 31.3 Å². The van der Waals surface area contributed by atoms with Crippen LogP contribution in [0.25, 0.3) is 0 Å². The molecular formula is C11H23BrN2O. The first-order valence-corrected chi connectivity index (χ1v) is 7.01. The molecule has 0 fully saturated rings. The summed E-state index contributed by atoms with van der Waals surface area (Å²) in [6.45, 7) is 3.73. The number of urea groups is 1. The minimum absolute atomic E-state index is 0.0232. The maximum Gasteiger partial charge on any atom is 0.314 e. The smallest absolute Gasteiger partial charge is 0.314 e. The van der Waals surface area contributed by atoms with E-state index in [-0.39, 0.29) is 6.03 Å². The molecule has 0 aromatic rings. The number of rotatable bonds is 9. The summed E-state index contributed by atoms with van der Waals surface area (Å²) in [7, 11) is 0. The van der Waals surface area contributed by atoms with Crippen LogP contribution in [0.2, 0.25) is 0 Å². The third-order valence-corrected chi connectivity index (χ3v) is 2.72. The van der Waals surface area contributed by atoms with Gasteiger partial charge in [0.2, 0.25) is 0 Å². The van der Waals surface area contributed by atoms with Crippen LogP contribution in [0.15, 0.2) is 0 Å². The Morgan fingerprint density at radius 3 is 2.13 bits per heavy atom. The minimum atomic E-state index is -0.0232. The van der Waals surface area contributed by atoms with Crippen molar-refractivity contribution in [1.82, 2.24) is 10.6 Å². The number of hydrogen-bond acceptors (Lipinski definition) is 1. The zero-order chi connectivity index (χ0) is 11.4. The van der Waals surface area contributed by atoms with Crippen molar-refractivity contribution in [1.29, 1.82) is 0 Å². The van der Waals surface area contributed by atoms with Gasteiger partial charge in [0.1, 0.15) is 0 Å². The molecule has 4 heteroatoms. The highest BCUT2D eigenvalue weighted by molar-refractivity contribution is 9.09. The molecule has 0 rings (SSSR count). The third-order valence-electron chi connectivity index (χ3n) is 2.16. The van der Waals surface area contributed by atoms with Crippen LogP contribution < -0.4 is 10.6 Å². The molecule has 0 aliphatic carbocycles. The van der Waals surface area contributed by atoms with Crippen molar-refractivity contribution in [2.45, 2.75) is 45.4 Å². The maximum atomic E-state index is 11.2. The Morgan fingerprint density at radius 1 is 1.00 bits per heavy atom. The van der Waals surface area contributed by atoms with Gasteiger partial charge >= 0.3 is 6.03 Å². The zero-order valence-corrected chi connectivity index (χ0v) is 11.2. The lowest BCUT2D eigenvalue weighted by Gasteiger charge is -2.06. The Morgan fingerprint density at radius 2 is 1.60 bits per heavy atom. The van der Waals surface area contributed by atoms with E-state index in [4.69, 9.17) is 0 Å². The van der Waals surface area contributed by atoms with Crippen molar-refractivity contribution in [3.8, 4) is 0 Å². The van der Waals surface area contributed by atoms with Gasteiger partial charge in [0, 0.05) is 18.4 Å². The van der Waals surface area contributed by atoms with Gasteiger partial charge in [-0.15, -0.1) is 0 Å². The molecule has 0 spiro atoms. The van der Waals surface area contributed by atoms with Gasteiger partial charge in [0.05, 0.1) is 0 Å². The van der Waals surface area contributed by atoms with Crippen LogP contribution in [0.3, 0.4) is 0 Å². The molecule has 0 aromatic heterocycles. The van der Waals surface area contributed by atoms with Crippen molar-refractivity contribution < 1.29 is 4.79 Å². The Bertz CT molecular complexity index is 154. The second-order valence-corrected chi connectivity index (χ2v) is 4.43. The number of carbonyl (C=O) groups is 1. The molecule has 0 aliphatic rings. The van der Waals surface area contributed by atoms with Crippen LogP contribution in [0.5, 0.6) is 0 Å². The molecule has 15 heavy (non-hydrogen) atoms. The standard InChI is InChI=1S/C11H23BrN2O/c1-2-3-6-9-13-11(15)14-10-7-4-5-8-12/h2-10H2,1H3,(H2,13,14,15). The fourth-order valence-electron chi connectivity index (χ4n) is 1.24. The van der Waals surface area contributed by atoms with Crippen molar-refractivity contribution >= 4 is 22.0 Å². The molecule has 0 aromatic carbocycles. The zero-order valence-electron chi connectivity index (χ0n) is 9.65. The first-order valence-electron chi connectivity index (χ1n) is 5.89. The van der Waals surface area contributed by atoms with Gasteiger partial charge < -0.3 is 10.6 Å². The van der Waals surface area contributed by atoms with E-state index >= 15 is 0 Å². The van der Waals surface area contributed by atoms with Gasteiger partial charge in [-0.05, 0) is 19.3 Å².